The smallest absolute Gasteiger partial charge is 0.168 e. The number of Topliss-reactive ketones (excluding diaryl/α,β-unsaturated/α-hetero) is 1. The van der Waals surface area contributed by atoms with Crippen LogP contribution in [0.1, 0.15) is 62.5 Å². The van der Waals surface area contributed by atoms with Crippen molar-refractivity contribution in [2.24, 2.45) is 4.99 Å². The van der Waals surface area contributed by atoms with Crippen molar-refractivity contribution in [3.63, 3.8) is 0 Å². The SMILES string of the molecule is CCCCCCN=C1CC(c2ccccc2)CC(=O)/C1=C(\O)Cc1cccc2ccccc12. The maximum Gasteiger partial charge on any atom is 0.168 e. The van der Waals surface area contributed by atoms with Crippen LogP contribution in [0, 0.1) is 0 Å². The van der Waals surface area contributed by atoms with Crippen molar-refractivity contribution < 1.29 is 9.90 Å². The maximum absolute atomic E-state index is 13.3. The van der Waals surface area contributed by atoms with Gasteiger partial charge in [0, 0.05) is 25.1 Å². The molecule has 0 amide bonds. The van der Waals surface area contributed by atoms with E-state index < -0.39 is 0 Å². The Balaban J connectivity index is 1.64. The summed E-state index contributed by atoms with van der Waals surface area (Å²) >= 11 is 0. The number of rotatable bonds is 8. The third-order valence-corrected chi connectivity index (χ3v) is 6.55. The maximum atomic E-state index is 13.3. The molecule has 1 unspecified atom stereocenters. The topological polar surface area (TPSA) is 49.7 Å². The van der Waals surface area contributed by atoms with E-state index in [4.69, 9.17) is 4.99 Å². The molecule has 1 aliphatic carbocycles. The van der Waals surface area contributed by atoms with E-state index >= 15 is 0 Å². The first-order chi connectivity index (χ1) is 16.2. The second-order valence-corrected chi connectivity index (χ2v) is 8.96. The van der Waals surface area contributed by atoms with Gasteiger partial charge in [0.05, 0.1) is 5.57 Å². The lowest BCUT2D eigenvalue weighted by Gasteiger charge is -2.26. The fraction of sp³-hybridized carbons (Fsp3) is 0.333. The zero-order valence-electron chi connectivity index (χ0n) is 19.5. The average Bonchev–Trinajstić information content (AvgIpc) is 2.84. The minimum Gasteiger partial charge on any atom is -0.511 e. The van der Waals surface area contributed by atoms with Gasteiger partial charge in [-0.2, -0.15) is 0 Å². The van der Waals surface area contributed by atoms with Crippen LogP contribution < -0.4 is 0 Å². The Labute approximate surface area is 196 Å². The quantitative estimate of drug-likeness (QED) is 0.226. The first-order valence-electron chi connectivity index (χ1n) is 12.2. The molecule has 1 N–H and O–H groups in total. The van der Waals surface area contributed by atoms with E-state index in [1.165, 1.54) is 12.8 Å². The molecule has 3 aromatic rings. The Bertz CT molecular complexity index is 1150. The lowest BCUT2D eigenvalue weighted by molar-refractivity contribution is -0.115. The monoisotopic (exact) mass is 439 g/mol. The number of allylic oxidation sites excluding steroid dienone is 2. The third-order valence-electron chi connectivity index (χ3n) is 6.55. The molecule has 0 spiro atoms. The summed E-state index contributed by atoms with van der Waals surface area (Å²) < 4.78 is 0. The molecule has 4 rings (SSSR count). The van der Waals surface area contributed by atoms with Gasteiger partial charge in [0.25, 0.3) is 0 Å². The molecule has 0 saturated heterocycles. The number of aliphatic imine (C=N–C) groups is 1. The van der Waals surface area contributed by atoms with Gasteiger partial charge in [0.1, 0.15) is 5.76 Å². The summed E-state index contributed by atoms with van der Waals surface area (Å²) in [6.07, 6.45) is 5.98. The predicted molar refractivity (Wildman–Crippen MR) is 137 cm³/mol. The molecule has 3 aromatic carbocycles. The van der Waals surface area contributed by atoms with Gasteiger partial charge in [0.15, 0.2) is 5.78 Å². The van der Waals surface area contributed by atoms with Crippen LogP contribution in [0.2, 0.25) is 0 Å². The molecule has 3 nitrogen and oxygen atoms in total. The van der Waals surface area contributed by atoms with Crippen LogP contribution in [-0.2, 0) is 11.2 Å². The zero-order valence-corrected chi connectivity index (χ0v) is 19.5. The summed E-state index contributed by atoms with van der Waals surface area (Å²) in [6, 6.07) is 24.5. The van der Waals surface area contributed by atoms with Crippen molar-refractivity contribution in [2.45, 2.75) is 57.8 Å². The largest absolute Gasteiger partial charge is 0.511 e. The molecule has 0 heterocycles. The molecule has 1 fully saturated rings. The number of aliphatic hydroxyl groups is 1. The highest BCUT2D eigenvalue weighted by Gasteiger charge is 2.32. The third kappa shape index (κ3) is 5.60. The standard InChI is InChI=1S/C30H33NO2/c1-2-3-4-10-18-31-27-19-25(22-12-6-5-7-13-22)21-29(33)30(27)28(32)20-24-16-11-15-23-14-8-9-17-26(23)24/h5-9,11-17,25,32H,2-4,10,18-21H2,1H3/b30-28-,31-27?. The number of ketones is 1. The number of benzene rings is 3. The molecule has 170 valence electrons. The first kappa shape index (κ1) is 23.0. The number of carbonyl (C=O) groups excluding carboxylic acids is 1. The van der Waals surface area contributed by atoms with Crippen LogP contribution >= 0.6 is 0 Å². The van der Waals surface area contributed by atoms with Crippen molar-refractivity contribution in [1.29, 1.82) is 0 Å². The molecule has 0 aliphatic heterocycles. The van der Waals surface area contributed by atoms with Crippen molar-refractivity contribution in [1.82, 2.24) is 0 Å². The Morgan fingerprint density at radius 3 is 2.48 bits per heavy atom. The summed E-state index contributed by atoms with van der Waals surface area (Å²) in [7, 11) is 0. The summed E-state index contributed by atoms with van der Waals surface area (Å²) in [5.41, 5.74) is 3.41. The summed E-state index contributed by atoms with van der Waals surface area (Å²) in [4.78, 5) is 18.2. The van der Waals surface area contributed by atoms with Gasteiger partial charge >= 0.3 is 0 Å². The fourth-order valence-corrected chi connectivity index (χ4v) is 4.79. The van der Waals surface area contributed by atoms with Gasteiger partial charge in [-0.05, 0) is 40.7 Å². The average molecular weight is 440 g/mol. The number of aliphatic hydroxyl groups excluding tert-OH is 1. The highest BCUT2D eigenvalue weighted by Crippen LogP contribution is 2.34. The van der Waals surface area contributed by atoms with E-state index in [1.807, 2.05) is 42.5 Å². The molecule has 0 aromatic heterocycles. The second-order valence-electron chi connectivity index (χ2n) is 8.96. The van der Waals surface area contributed by atoms with Gasteiger partial charge in [-0.3, -0.25) is 9.79 Å². The Hall–Kier alpha value is -3.20. The summed E-state index contributed by atoms with van der Waals surface area (Å²) in [6.45, 7) is 2.90. The molecule has 1 saturated carbocycles. The van der Waals surface area contributed by atoms with Crippen LogP contribution in [0.25, 0.3) is 10.8 Å². The lowest BCUT2D eigenvalue weighted by atomic mass is 9.78. The van der Waals surface area contributed by atoms with Crippen LogP contribution in [0.4, 0.5) is 0 Å². The van der Waals surface area contributed by atoms with E-state index in [2.05, 4.69) is 37.3 Å². The van der Waals surface area contributed by atoms with Gasteiger partial charge in [-0.15, -0.1) is 0 Å². The Morgan fingerprint density at radius 2 is 1.67 bits per heavy atom. The van der Waals surface area contributed by atoms with E-state index in [-0.39, 0.29) is 17.5 Å². The van der Waals surface area contributed by atoms with Crippen LogP contribution in [0.5, 0.6) is 0 Å². The van der Waals surface area contributed by atoms with Gasteiger partial charge in [-0.1, -0.05) is 99.0 Å². The predicted octanol–water partition coefficient (Wildman–Crippen LogP) is 7.36. The first-order valence-corrected chi connectivity index (χ1v) is 12.2. The van der Waals surface area contributed by atoms with E-state index in [9.17, 15) is 9.90 Å². The molecule has 1 aliphatic rings. The van der Waals surface area contributed by atoms with Crippen molar-refractivity contribution in [3.8, 4) is 0 Å². The number of nitrogens with zero attached hydrogens (tertiary/aromatic N) is 1. The Morgan fingerprint density at radius 1 is 0.909 bits per heavy atom. The molecule has 0 radical (unpaired) electrons. The molecular formula is C30H33NO2. The van der Waals surface area contributed by atoms with Crippen molar-refractivity contribution in [3.05, 3.63) is 95.3 Å². The molecular weight excluding hydrogens is 406 g/mol. The highest BCUT2D eigenvalue weighted by molar-refractivity contribution is 6.24. The number of fused-ring (bicyclic) bond motifs is 1. The highest BCUT2D eigenvalue weighted by atomic mass is 16.3. The van der Waals surface area contributed by atoms with E-state index in [0.29, 0.717) is 31.4 Å². The van der Waals surface area contributed by atoms with E-state index in [0.717, 1.165) is 40.5 Å². The fourth-order valence-electron chi connectivity index (χ4n) is 4.79. The van der Waals surface area contributed by atoms with Gasteiger partial charge < -0.3 is 5.11 Å². The number of carbonyl (C=O) groups is 1. The van der Waals surface area contributed by atoms with Crippen molar-refractivity contribution in [2.75, 3.05) is 6.54 Å². The zero-order chi connectivity index (χ0) is 23.0. The molecule has 33 heavy (non-hydrogen) atoms. The summed E-state index contributed by atoms with van der Waals surface area (Å²) in [5, 5.41) is 13.4. The van der Waals surface area contributed by atoms with Crippen LogP contribution in [0.3, 0.4) is 0 Å². The van der Waals surface area contributed by atoms with Gasteiger partial charge in [-0.25, -0.2) is 0 Å². The molecule has 0 bridgehead atoms. The number of hydrogen-bond donors (Lipinski definition) is 1. The molecule has 3 heteroatoms. The number of hydrogen-bond acceptors (Lipinski definition) is 3. The minimum absolute atomic E-state index is 0.000137. The van der Waals surface area contributed by atoms with E-state index in [1.54, 1.807) is 0 Å². The van der Waals surface area contributed by atoms with Crippen molar-refractivity contribution >= 4 is 22.3 Å². The van der Waals surface area contributed by atoms with Crippen LogP contribution in [0.15, 0.2) is 89.1 Å². The van der Waals surface area contributed by atoms with Gasteiger partial charge in [0.2, 0.25) is 0 Å². The Kier molecular flexibility index (Phi) is 7.72. The lowest BCUT2D eigenvalue weighted by Crippen LogP contribution is -2.27. The normalized spacial score (nSPS) is 19.2. The van der Waals surface area contributed by atoms with Crippen LogP contribution in [-0.4, -0.2) is 23.1 Å². The number of unbranched alkanes of at least 4 members (excludes halogenated alkanes) is 3. The summed E-state index contributed by atoms with van der Waals surface area (Å²) in [5.74, 6) is 0.262. The second kappa shape index (κ2) is 11.1. The molecule has 1 atom stereocenters. The minimum atomic E-state index is 0.000137.